The molecule has 3 aromatic rings. The van der Waals surface area contributed by atoms with Crippen LogP contribution in [0.15, 0.2) is 66.3 Å². The molecule has 0 spiro atoms. The van der Waals surface area contributed by atoms with Crippen LogP contribution in [0.25, 0.3) is 6.08 Å². The summed E-state index contributed by atoms with van der Waals surface area (Å²) in [5.41, 5.74) is 2.10. The topological polar surface area (TPSA) is 46.9 Å². The maximum absolute atomic E-state index is 12.3. The second-order valence-electron chi connectivity index (χ2n) is 6.54. The maximum atomic E-state index is 12.3. The van der Waals surface area contributed by atoms with Crippen molar-refractivity contribution >= 4 is 23.3 Å². The SMILES string of the molecule is CC(C)[C@H](NC(=O)/C=C/c1cnn(Cc2ccccc2)c1)c1cccs1. The molecule has 1 amide bonds. The first-order chi connectivity index (χ1) is 12.6. The number of rotatable bonds is 7. The Hall–Kier alpha value is -2.66. The summed E-state index contributed by atoms with van der Waals surface area (Å²) in [5.74, 6) is 0.243. The summed E-state index contributed by atoms with van der Waals surface area (Å²) in [6, 6.07) is 14.3. The Kier molecular flexibility index (Phi) is 6.02. The van der Waals surface area contributed by atoms with E-state index in [1.807, 2.05) is 40.5 Å². The van der Waals surface area contributed by atoms with Crippen molar-refractivity contribution in [3.05, 3.63) is 82.3 Å². The van der Waals surface area contributed by atoms with E-state index in [1.54, 1.807) is 29.7 Å². The lowest BCUT2D eigenvalue weighted by Crippen LogP contribution is -2.29. The van der Waals surface area contributed by atoms with Gasteiger partial charge in [0.05, 0.1) is 18.8 Å². The highest BCUT2D eigenvalue weighted by atomic mass is 32.1. The number of hydrogen-bond acceptors (Lipinski definition) is 3. The van der Waals surface area contributed by atoms with Gasteiger partial charge in [0, 0.05) is 22.7 Å². The highest BCUT2D eigenvalue weighted by Gasteiger charge is 2.18. The van der Waals surface area contributed by atoms with Gasteiger partial charge in [-0.3, -0.25) is 9.48 Å². The van der Waals surface area contributed by atoms with Crippen LogP contribution in [0.1, 0.15) is 35.9 Å². The molecule has 26 heavy (non-hydrogen) atoms. The lowest BCUT2D eigenvalue weighted by molar-refractivity contribution is -0.117. The van der Waals surface area contributed by atoms with E-state index < -0.39 is 0 Å². The molecule has 3 rings (SSSR count). The fourth-order valence-corrected chi connectivity index (χ4v) is 3.68. The molecule has 0 saturated carbocycles. The minimum Gasteiger partial charge on any atom is -0.345 e. The summed E-state index contributed by atoms with van der Waals surface area (Å²) >= 11 is 1.67. The van der Waals surface area contributed by atoms with E-state index in [0.717, 1.165) is 5.56 Å². The maximum Gasteiger partial charge on any atom is 0.244 e. The van der Waals surface area contributed by atoms with Crippen LogP contribution >= 0.6 is 11.3 Å². The van der Waals surface area contributed by atoms with Crippen molar-refractivity contribution in [3.8, 4) is 0 Å². The average molecular weight is 366 g/mol. The molecule has 1 aromatic carbocycles. The number of carbonyl (C=O) groups excluding carboxylic acids is 1. The molecule has 0 unspecified atom stereocenters. The zero-order chi connectivity index (χ0) is 18.4. The van der Waals surface area contributed by atoms with Crippen LogP contribution in [0.3, 0.4) is 0 Å². The van der Waals surface area contributed by atoms with Gasteiger partial charge in [0.1, 0.15) is 0 Å². The average Bonchev–Trinajstić information content (AvgIpc) is 3.30. The Morgan fingerprint density at radius 1 is 1.23 bits per heavy atom. The van der Waals surface area contributed by atoms with E-state index in [0.29, 0.717) is 12.5 Å². The quantitative estimate of drug-likeness (QED) is 0.626. The molecule has 0 aliphatic carbocycles. The third kappa shape index (κ3) is 4.92. The molecule has 0 radical (unpaired) electrons. The monoisotopic (exact) mass is 365 g/mol. The van der Waals surface area contributed by atoms with Crippen LogP contribution in [0.2, 0.25) is 0 Å². The summed E-state index contributed by atoms with van der Waals surface area (Å²) in [7, 11) is 0. The number of aromatic nitrogens is 2. The Morgan fingerprint density at radius 3 is 2.73 bits per heavy atom. The second kappa shape index (κ2) is 8.63. The normalized spacial score (nSPS) is 12.6. The van der Waals surface area contributed by atoms with Gasteiger partial charge < -0.3 is 5.32 Å². The molecule has 0 bridgehead atoms. The predicted molar refractivity (Wildman–Crippen MR) is 107 cm³/mol. The number of nitrogens with one attached hydrogen (secondary N) is 1. The Bertz CT molecular complexity index is 851. The van der Waals surface area contributed by atoms with E-state index in [2.05, 4.69) is 42.5 Å². The van der Waals surface area contributed by atoms with Crippen LogP contribution in [-0.2, 0) is 11.3 Å². The molecule has 0 aliphatic rings. The number of amides is 1. The van der Waals surface area contributed by atoms with Crippen LogP contribution in [0.5, 0.6) is 0 Å². The van der Waals surface area contributed by atoms with Gasteiger partial charge in [-0.1, -0.05) is 50.2 Å². The fourth-order valence-electron chi connectivity index (χ4n) is 2.73. The van der Waals surface area contributed by atoms with Crippen molar-refractivity contribution in [1.82, 2.24) is 15.1 Å². The molecule has 0 fully saturated rings. The van der Waals surface area contributed by atoms with Gasteiger partial charge in [-0.25, -0.2) is 0 Å². The van der Waals surface area contributed by atoms with E-state index >= 15 is 0 Å². The minimum atomic E-state index is -0.0899. The standard InChI is InChI=1S/C21H23N3OS/c1-16(2)21(19-9-6-12-26-19)23-20(25)11-10-18-13-22-24(15-18)14-17-7-4-3-5-8-17/h3-13,15-16,21H,14H2,1-2H3,(H,23,25)/b11-10+/t21-/m0/s1. The molecule has 0 saturated heterocycles. The Labute approximate surface area is 158 Å². The number of nitrogens with zero attached hydrogens (tertiary/aromatic N) is 2. The lowest BCUT2D eigenvalue weighted by Gasteiger charge is -2.20. The largest absolute Gasteiger partial charge is 0.345 e. The van der Waals surface area contributed by atoms with E-state index in [1.165, 1.54) is 10.4 Å². The minimum absolute atomic E-state index is 0.0351. The van der Waals surface area contributed by atoms with Crippen LogP contribution in [0, 0.1) is 5.92 Å². The summed E-state index contributed by atoms with van der Waals surface area (Å²) < 4.78 is 1.87. The van der Waals surface area contributed by atoms with E-state index in [-0.39, 0.29) is 11.9 Å². The van der Waals surface area contributed by atoms with E-state index in [4.69, 9.17) is 0 Å². The highest BCUT2D eigenvalue weighted by Crippen LogP contribution is 2.25. The number of carbonyl (C=O) groups is 1. The summed E-state index contributed by atoms with van der Waals surface area (Å²) in [5, 5.41) is 9.48. The van der Waals surface area contributed by atoms with Crippen molar-refractivity contribution in [2.45, 2.75) is 26.4 Å². The highest BCUT2D eigenvalue weighted by molar-refractivity contribution is 7.10. The molecule has 2 heterocycles. The molecule has 1 atom stereocenters. The fraction of sp³-hybridized carbons (Fsp3) is 0.238. The van der Waals surface area contributed by atoms with Crippen LogP contribution in [0.4, 0.5) is 0 Å². The van der Waals surface area contributed by atoms with Gasteiger partial charge >= 0.3 is 0 Å². The van der Waals surface area contributed by atoms with Gasteiger partial charge in [0.2, 0.25) is 5.91 Å². The summed E-state index contributed by atoms with van der Waals surface area (Å²) in [4.78, 5) is 13.5. The molecule has 134 valence electrons. The van der Waals surface area contributed by atoms with Crippen molar-refractivity contribution < 1.29 is 4.79 Å². The van der Waals surface area contributed by atoms with Crippen molar-refractivity contribution in [2.75, 3.05) is 0 Å². The van der Waals surface area contributed by atoms with Crippen molar-refractivity contribution in [1.29, 1.82) is 0 Å². The molecular formula is C21H23N3OS. The zero-order valence-corrected chi connectivity index (χ0v) is 15.8. The van der Waals surface area contributed by atoms with Crippen LogP contribution < -0.4 is 5.32 Å². The molecule has 0 aliphatic heterocycles. The smallest absolute Gasteiger partial charge is 0.244 e. The second-order valence-corrected chi connectivity index (χ2v) is 7.52. The first-order valence-electron chi connectivity index (χ1n) is 8.70. The number of benzene rings is 1. The van der Waals surface area contributed by atoms with Gasteiger partial charge in [-0.15, -0.1) is 11.3 Å². The summed E-state index contributed by atoms with van der Waals surface area (Å²) in [6.45, 7) is 4.94. The van der Waals surface area contributed by atoms with Gasteiger partial charge in [0.25, 0.3) is 0 Å². The Balaban J connectivity index is 1.60. The summed E-state index contributed by atoms with van der Waals surface area (Å²) in [6.07, 6.45) is 7.09. The van der Waals surface area contributed by atoms with Gasteiger partial charge in [0.15, 0.2) is 0 Å². The number of hydrogen-bond donors (Lipinski definition) is 1. The van der Waals surface area contributed by atoms with E-state index in [9.17, 15) is 4.79 Å². The first kappa shape index (κ1) is 18.1. The van der Waals surface area contributed by atoms with Gasteiger partial charge in [-0.2, -0.15) is 5.10 Å². The third-order valence-corrected chi connectivity index (χ3v) is 5.04. The van der Waals surface area contributed by atoms with Crippen molar-refractivity contribution in [2.24, 2.45) is 5.92 Å². The first-order valence-corrected chi connectivity index (χ1v) is 9.58. The third-order valence-electron chi connectivity index (χ3n) is 4.08. The predicted octanol–water partition coefficient (Wildman–Crippen LogP) is 4.52. The molecule has 2 aromatic heterocycles. The van der Waals surface area contributed by atoms with Crippen LogP contribution in [-0.4, -0.2) is 15.7 Å². The van der Waals surface area contributed by atoms with Gasteiger partial charge in [-0.05, 0) is 29.0 Å². The Morgan fingerprint density at radius 2 is 2.04 bits per heavy atom. The number of thiophene rings is 1. The molecule has 1 N–H and O–H groups in total. The molecular weight excluding hydrogens is 342 g/mol. The zero-order valence-electron chi connectivity index (χ0n) is 15.0. The molecule has 4 nitrogen and oxygen atoms in total. The molecule has 5 heteroatoms. The lowest BCUT2D eigenvalue weighted by atomic mass is 10.0. The van der Waals surface area contributed by atoms with Crippen molar-refractivity contribution in [3.63, 3.8) is 0 Å².